The molecule has 0 radical (unpaired) electrons. The maximum atomic E-state index is 12.3. The second-order valence-corrected chi connectivity index (χ2v) is 8.40. The number of H-pyrrole nitrogens is 1. The fourth-order valence-electron chi connectivity index (χ4n) is 3.53. The molecule has 2 aromatic carbocycles. The predicted octanol–water partition coefficient (Wildman–Crippen LogP) is 3.27. The van der Waals surface area contributed by atoms with Crippen LogP contribution in [0.3, 0.4) is 0 Å². The van der Waals surface area contributed by atoms with Crippen LogP contribution in [0.25, 0.3) is 11.0 Å². The fourth-order valence-corrected chi connectivity index (χ4v) is 4.22. The molecule has 4 rings (SSSR count). The van der Waals surface area contributed by atoms with Gasteiger partial charge in [-0.15, -0.1) is 0 Å². The van der Waals surface area contributed by atoms with Crippen molar-refractivity contribution in [2.24, 2.45) is 0 Å². The summed E-state index contributed by atoms with van der Waals surface area (Å²) in [5.74, 6) is 0.343. The molecule has 2 N–H and O–H groups in total. The summed E-state index contributed by atoms with van der Waals surface area (Å²) < 4.78 is 0. The number of aromatic nitrogens is 2. The monoisotopic (exact) mass is 423 g/mol. The third-order valence-corrected chi connectivity index (χ3v) is 6.07. The molecular weight excluding hydrogens is 398 g/mol. The number of thioether (sulfide) groups is 1. The number of imidazole rings is 1. The summed E-state index contributed by atoms with van der Waals surface area (Å²) in [5, 5.41) is 3.68. The maximum absolute atomic E-state index is 12.3. The summed E-state index contributed by atoms with van der Waals surface area (Å²) in [6.45, 7) is 6.77. The smallest absolute Gasteiger partial charge is 0.234 e. The highest BCUT2D eigenvalue weighted by atomic mass is 32.2. The summed E-state index contributed by atoms with van der Waals surface area (Å²) in [7, 11) is 0. The Morgan fingerprint density at radius 2 is 1.83 bits per heavy atom. The highest BCUT2D eigenvalue weighted by Crippen LogP contribution is 2.22. The standard InChI is InChI=1S/C22H25N5O2S/c1-15-3-8-19-20(13-15)25-22(24-19)30-14-21(29)23-17-4-6-18(7-5-17)27-11-9-26(10-12-27)16(2)28/h3-8,13H,9-12,14H2,1-2H3,(H,23,29)(H,24,25). The van der Waals surface area contributed by atoms with Gasteiger partial charge in [-0.2, -0.15) is 0 Å². The average molecular weight is 424 g/mol. The summed E-state index contributed by atoms with van der Waals surface area (Å²) in [6.07, 6.45) is 0. The Morgan fingerprint density at radius 1 is 1.10 bits per heavy atom. The van der Waals surface area contributed by atoms with Crippen molar-refractivity contribution in [3.05, 3.63) is 48.0 Å². The molecule has 1 saturated heterocycles. The molecule has 30 heavy (non-hydrogen) atoms. The van der Waals surface area contributed by atoms with Gasteiger partial charge in [0.05, 0.1) is 16.8 Å². The van der Waals surface area contributed by atoms with Gasteiger partial charge in [0.15, 0.2) is 5.16 Å². The number of aryl methyl sites for hydroxylation is 1. The van der Waals surface area contributed by atoms with E-state index in [4.69, 9.17) is 0 Å². The summed E-state index contributed by atoms with van der Waals surface area (Å²) >= 11 is 1.39. The zero-order valence-electron chi connectivity index (χ0n) is 17.1. The Bertz CT molecular complexity index is 1060. The molecule has 2 amide bonds. The normalized spacial score (nSPS) is 14.2. The first-order valence-electron chi connectivity index (χ1n) is 9.97. The van der Waals surface area contributed by atoms with E-state index in [1.807, 2.05) is 54.3 Å². The van der Waals surface area contributed by atoms with Gasteiger partial charge in [0.1, 0.15) is 0 Å². The van der Waals surface area contributed by atoms with Crippen LogP contribution in [0, 0.1) is 6.92 Å². The Balaban J connectivity index is 1.28. The predicted molar refractivity (Wildman–Crippen MR) is 121 cm³/mol. The Kier molecular flexibility index (Phi) is 5.94. The van der Waals surface area contributed by atoms with Crippen LogP contribution in [0.2, 0.25) is 0 Å². The number of piperazine rings is 1. The number of hydrogen-bond donors (Lipinski definition) is 2. The first-order chi connectivity index (χ1) is 14.5. The molecule has 7 nitrogen and oxygen atoms in total. The van der Waals surface area contributed by atoms with E-state index in [0.29, 0.717) is 0 Å². The molecular formula is C22H25N5O2S. The number of carbonyl (C=O) groups excluding carboxylic acids is 2. The number of rotatable bonds is 5. The maximum Gasteiger partial charge on any atom is 0.234 e. The lowest BCUT2D eigenvalue weighted by Gasteiger charge is -2.35. The minimum Gasteiger partial charge on any atom is -0.368 e. The molecule has 0 aliphatic carbocycles. The molecule has 1 aromatic heterocycles. The van der Waals surface area contributed by atoms with Gasteiger partial charge in [0.2, 0.25) is 11.8 Å². The molecule has 2 heterocycles. The molecule has 1 aliphatic rings. The lowest BCUT2D eigenvalue weighted by Crippen LogP contribution is -2.48. The molecule has 156 valence electrons. The van der Waals surface area contributed by atoms with Crippen LogP contribution < -0.4 is 10.2 Å². The quantitative estimate of drug-likeness (QED) is 0.616. The number of anilines is 2. The Labute approximate surface area is 179 Å². The van der Waals surface area contributed by atoms with Crippen molar-refractivity contribution in [2.45, 2.75) is 19.0 Å². The number of benzene rings is 2. The van der Waals surface area contributed by atoms with Crippen LogP contribution in [-0.4, -0.2) is 58.6 Å². The first kappa shape index (κ1) is 20.3. The molecule has 3 aromatic rings. The fraction of sp³-hybridized carbons (Fsp3) is 0.318. The van der Waals surface area contributed by atoms with Gasteiger partial charge in [-0.1, -0.05) is 17.8 Å². The minimum absolute atomic E-state index is 0.0699. The number of aromatic amines is 1. The number of nitrogens with one attached hydrogen (secondary N) is 2. The van der Waals surface area contributed by atoms with Gasteiger partial charge < -0.3 is 20.1 Å². The van der Waals surface area contributed by atoms with Crippen molar-refractivity contribution in [2.75, 3.05) is 42.1 Å². The second kappa shape index (κ2) is 8.79. The van der Waals surface area contributed by atoms with Crippen molar-refractivity contribution in [1.82, 2.24) is 14.9 Å². The number of amides is 2. The van der Waals surface area contributed by atoms with E-state index in [0.717, 1.165) is 53.7 Å². The third-order valence-electron chi connectivity index (χ3n) is 5.20. The summed E-state index contributed by atoms with van der Waals surface area (Å²) in [4.78, 5) is 35.7. The summed E-state index contributed by atoms with van der Waals surface area (Å²) in [6, 6.07) is 13.9. The molecule has 1 fully saturated rings. The van der Waals surface area contributed by atoms with Crippen LogP contribution in [0.4, 0.5) is 11.4 Å². The topological polar surface area (TPSA) is 81.3 Å². The van der Waals surface area contributed by atoms with E-state index < -0.39 is 0 Å². The molecule has 0 bridgehead atoms. The summed E-state index contributed by atoms with van der Waals surface area (Å²) in [5.41, 5.74) is 4.93. The van der Waals surface area contributed by atoms with Gasteiger partial charge in [-0.05, 0) is 48.9 Å². The van der Waals surface area contributed by atoms with Crippen LogP contribution in [0.15, 0.2) is 47.6 Å². The lowest BCUT2D eigenvalue weighted by atomic mass is 10.2. The van der Waals surface area contributed by atoms with E-state index in [1.165, 1.54) is 17.3 Å². The van der Waals surface area contributed by atoms with Gasteiger partial charge in [-0.3, -0.25) is 9.59 Å². The van der Waals surface area contributed by atoms with E-state index >= 15 is 0 Å². The van der Waals surface area contributed by atoms with Crippen molar-refractivity contribution >= 4 is 46.0 Å². The Morgan fingerprint density at radius 3 is 2.53 bits per heavy atom. The average Bonchev–Trinajstić information content (AvgIpc) is 3.15. The highest BCUT2D eigenvalue weighted by molar-refractivity contribution is 7.99. The molecule has 0 atom stereocenters. The van der Waals surface area contributed by atoms with E-state index in [1.54, 1.807) is 6.92 Å². The van der Waals surface area contributed by atoms with E-state index in [-0.39, 0.29) is 17.6 Å². The molecule has 1 aliphatic heterocycles. The van der Waals surface area contributed by atoms with E-state index in [9.17, 15) is 9.59 Å². The van der Waals surface area contributed by atoms with Crippen LogP contribution >= 0.6 is 11.8 Å². The van der Waals surface area contributed by atoms with Crippen molar-refractivity contribution in [3.8, 4) is 0 Å². The molecule has 0 spiro atoms. The Hall–Kier alpha value is -3.00. The van der Waals surface area contributed by atoms with Crippen molar-refractivity contribution < 1.29 is 9.59 Å². The van der Waals surface area contributed by atoms with Crippen LogP contribution in [-0.2, 0) is 9.59 Å². The number of nitrogens with zero attached hydrogens (tertiary/aromatic N) is 3. The van der Waals surface area contributed by atoms with Crippen molar-refractivity contribution in [1.29, 1.82) is 0 Å². The number of hydrogen-bond acceptors (Lipinski definition) is 5. The SMILES string of the molecule is CC(=O)N1CCN(c2ccc(NC(=O)CSc3nc4ccc(C)cc4[nH]3)cc2)CC1. The molecule has 0 saturated carbocycles. The van der Waals surface area contributed by atoms with Gasteiger partial charge in [-0.25, -0.2) is 4.98 Å². The van der Waals surface area contributed by atoms with E-state index in [2.05, 4.69) is 20.2 Å². The number of carbonyl (C=O) groups is 2. The van der Waals surface area contributed by atoms with Crippen LogP contribution in [0.1, 0.15) is 12.5 Å². The van der Waals surface area contributed by atoms with Crippen LogP contribution in [0.5, 0.6) is 0 Å². The zero-order chi connectivity index (χ0) is 21.1. The number of fused-ring (bicyclic) bond motifs is 1. The third kappa shape index (κ3) is 4.76. The van der Waals surface area contributed by atoms with Gasteiger partial charge >= 0.3 is 0 Å². The molecule has 0 unspecified atom stereocenters. The first-order valence-corrected chi connectivity index (χ1v) is 11.0. The molecule has 8 heteroatoms. The second-order valence-electron chi connectivity index (χ2n) is 7.44. The minimum atomic E-state index is -0.0699. The van der Waals surface area contributed by atoms with Crippen molar-refractivity contribution in [3.63, 3.8) is 0 Å². The largest absolute Gasteiger partial charge is 0.368 e. The van der Waals surface area contributed by atoms with Gasteiger partial charge in [0, 0.05) is 44.5 Å². The highest BCUT2D eigenvalue weighted by Gasteiger charge is 2.18. The lowest BCUT2D eigenvalue weighted by molar-refractivity contribution is -0.129. The van der Waals surface area contributed by atoms with Gasteiger partial charge in [0.25, 0.3) is 0 Å². The zero-order valence-corrected chi connectivity index (χ0v) is 18.0.